The molecule has 0 rings (SSSR count). The SMILES string of the molecule is CC/C=C\C/C=C\C/C=C\C/C=C\C/C=C\C/C=C\CCCCC(=O)NC(COP(=O)(O)OCC[N+](C)(C)C)C(/C=C/CCCCCCCCCCCCC)OC(=O)CCCCCCC/C=C\C/C=C\C/C=C\C/C=C\CCCCC. The summed E-state index contributed by atoms with van der Waals surface area (Å²) in [6, 6.07) is -0.890. The van der Waals surface area contributed by atoms with E-state index in [1.54, 1.807) is 0 Å². The van der Waals surface area contributed by atoms with E-state index in [2.05, 4.69) is 148 Å². The van der Waals surface area contributed by atoms with E-state index >= 15 is 0 Å². The molecule has 0 radical (unpaired) electrons. The topological polar surface area (TPSA) is 111 Å². The summed E-state index contributed by atoms with van der Waals surface area (Å²) in [7, 11) is 1.44. The first kappa shape index (κ1) is 77.2. The van der Waals surface area contributed by atoms with E-state index in [4.69, 9.17) is 13.8 Å². The molecular formula is C71H122N2O7P+. The maximum absolute atomic E-state index is 13.6. The molecule has 0 bridgehead atoms. The van der Waals surface area contributed by atoms with Crippen molar-refractivity contribution in [3.63, 3.8) is 0 Å². The number of rotatable bonds is 57. The van der Waals surface area contributed by atoms with Gasteiger partial charge in [0.05, 0.1) is 33.8 Å². The Labute approximate surface area is 498 Å². The summed E-state index contributed by atoms with van der Waals surface area (Å²) >= 11 is 0. The average molecular weight is 1150 g/mol. The molecule has 0 aliphatic rings. The number of carbonyl (C=O) groups is 2. The minimum absolute atomic E-state index is 0.0207. The minimum atomic E-state index is -4.48. The van der Waals surface area contributed by atoms with Crippen LogP contribution in [-0.2, 0) is 27.9 Å². The van der Waals surface area contributed by atoms with Crippen LogP contribution in [0, 0.1) is 0 Å². The van der Waals surface area contributed by atoms with E-state index in [1.165, 1.54) is 83.5 Å². The number of likely N-dealkylation sites (N-methyl/N-ethyl adjacent to an activating group) is 1. The van der Waals surface area contributed by atoms with Crippen molar-refractivity contribution in [2.24, 2.45) is 0 Å². The molecule has 0 aliphatic carbocycles. The molecular weight excluding hydrogens is 1020 g/mol. The first-order valence-electron chi connectivity index (χ1n) is 32.5. The van der Waals surface area contributed by atoms with Gasteiger partial charge in [-0.25, -0.2) is 4.57 Å². The molecule has 2 N–H and O–H groups in total. The lowest BCUT2D eigenvalue weighted by molar-refractivity contribution is -0.870. The van der Waals surface area contributed by atoms with Gasteiger partial charge in [0.2, 0.25) is 5.91 Å². The molecule has 9 nitrogen and oxygen atoms in total. The molecule has 81 heavy (non-hydrogen) atoms. The van der Waals surface area contributed by atoms with Gasteiger partial charge in [0.25, 0.3) is 0 Å². The molecule has 3 atom stereocenters. The van der Waals surface area contributed by atoms with Crippen molar-refractivity contribution < 1.29 is 37.3 Å². The summed E-state index contributed by atoms with van der Waals surface area (Å²) in [5.41, 5.74) is 0. The molecule has 0 heterocycles. The molecule has 0 aliphatic heterocycles. The molecule has 0 spiro atoms. The number of nitrogens with zero attached hydrogens (tertiary/aromatic N) is 1. The van der Waals surface area contributed by atoms with Crippen LogP contribution < -0.4 is 5.32 Å². The van der Waals surface area contributed by atoms with Crippen LogP contribution in [0.5, 0.6) is 0 Å². The Hall–Kier alpha value is -3.85. The number of nitrogens with one attached hydrogen (secondary N) is 1. The fraction of sp³-hybridized carbons (Fsp3) is 0.662. The smallest absolute Gasteiger partial charge is 0.456 e. The van der Waals surface area contributed by atoms with Gasteiger partial charge in [-0.1, -0.05) is 245 Å². The second kappa shape index (κ2) is 59.3. The maximum atomic E-state index is 13.6. The minimum Gasteiger partial charge on any atom is -0.456 e. The molecule has 0 aromatic rings. The first-order chi connectivity index (χ1) is 39.4. The number of hydrogen-bond donors (Lipinski definition) is 2. The molecule has 3 unspecified atom stereocenters. The van der Waals surface area contributed by atoms with Gasteiger partial charge in [0, 0.05) is 12.8 Å². The van der Waals surface area contributed by atoms with Crippen molar-refractivity contribution in [3.05, 3.63) is 134 Å². The van der Waals surface area contributed by atoms with Gasteiger partial charge in [-0.3, -0.25) is 18.6 Å². The van der Waals surface area contributed by atoms with Crippen LogP contribution in [0.1, 0.15) is 252 Å². The monoisotopic (exact) mass is 1150 g/mol. The Morgan fingerprint density at radius 2 is 0.790 bits per heavy atom. The number of unbranched alkanes of at least 4 members (excludes halogenated alkanes) is 21. The zero-order valence-corrected chi connectivity index (χ0v) is 53.6. The van der Waals surface area contributed by atoms with Crippen LogP contribution in [0.2, 0.25) is 0 Å². The maximum Gasteiger partial charge on any atom is 0.472 e. The van der Waals surface area contributed by atoms with E-state index in [1.807, 2.05) is 33.3 Å². The molecule has 0 saturated carbocycles. The third kappa shape index (κ3) is 60.6. The zero-order chi connectivity index (χ0) is 59.3. The van der Waals surface area contributed by atoms with Crippen molar-refractivity contribution in [2.75, 3.05) is 40.9 Å². The fourth-order valence-corrected chi connectivity index (χ4v) is 9.31. The molecule has 0 aromatic carbocycles. The predicted molar refractivity (Wildman–Crippen MR) is 350 cm³/mol. The predicted octanol–water partition coefficient (Wildman–Crippen LogP) is 20.4. The van der Waals surface area contributed by atoms with Crippen molar-refractivity contribution in [1.82, 2.24) is 5.32 Å². The van der Waals surface area contributed by atoms with Gasteiger partial charge < -0.3 is 19.4 Å². The number of carbonyl (C=O) groups excluding carboxylic acids is 2. The molecule has 0 saturated heterocycles. The van der Waals surface area contributed by atoms with Crippen molar-refractivity contribution in [2.45, 2.75) is 264 Å². The Morgan fingerprint density at radius 3 is 1.22 bits per heavy atom. The lowest BCUT2D eigenvalue weighted by atomic mass is 10.0. The fourth-order valence-electron chi connectivity index (χ4n) is 8.57. The number of ether oxygens (including phenoxy) is 1. The van der Waals surface area contributed by atoms with Crippen LogP contribution in [0.3, 0.4) is 0 Å². The van der Waals surface area contributed by atoms with Crippen molar-refractivity contribution in [1.29, 1.82) is 0 Å². The number of phosphoric ester groups is 1. The highest BCUT2D eigenvalue weighted by Crippen LogP contribution is 2.43. The van der Waals surface area contributed by atoms with E-state index in [0.717, 1.165) is 122 Å². The average Bonchev–Trinajstić information content (AvgIpc) is 3.44. The molecule has 0 fully saturated rings. The largest absolute Gasteiger partial charge is 0.472 e. The molecule has 1 amide bonds. The van der Waals surface area contributed by atoms with Gasteiger partial charge in [-0.2, -0.15) is 0 Å². The normalized spacial score (nSPS) is 14.5. The lowest BCUT2D eigenvalue weighted by Gasteiger charge is -2.27. The number of amides is 1. The zero-order valence-electron chi connectivity index (χ0n) is 52.7. The lowest BCUT2D eigenvalue weighted by Crippen LogP contribution is -2.47. The van der Waals surface area contributed by atoms with Gasteiger partial charge in [-0.05, 0) is 128 Å². The van der Waals surface area contributed by atoms with Crippen LogP contribution in [0.4, 0.5) is 0 Å². The molecule has 10 heteroatoms. The van der Waals surface area contributed by atoms with Gasteiger partial charge in [-0.15, -0.1) is 0 Å². The van der Waals surface area contributed by atoms with Crippen LogP contribution in [0.25, 0.3) is 0 Å². The summed E-state index contributed by atoms with van der Waals surface area (Å²) in [5, 5.41) is 3.03. The van der Waals surface area contributed by atoms with Crippen LogP contribution >= 0.6 is 7.82 Å². The molecule has 0 aromatic heterocycles. The van der Waals surface area contributed by atoms with Gasteiger partial charge in [0.1, 0.15) is 19.3 Å². The number of allylic oxidation sites excluding steroid dienone is 21. The highest BCUT2D eigenvalue weighted by molar-refractivity contribution is 7.47. The van der Waals surface area contributed by atoms with Gasteiger partial charge in [0.15, 0.2) is 0 Å². The quantitative estimate of drug-likeness (QED) is 0.0205. The van der Waals surface area contributed by atoms with Crippen molar-refractivity contribution >= 4 is 19.7 Å². The number of hydrogen-bond acceptors (Lipinski definition) is 6. The third-order valence-corrected chi connectivity index (χ3v) is 14.6. The second-order valence-corrected chi connectivity index (χ2v) is 24.0. The number of quaternary nitrogens is 1. The third-order valence-electron chi connectivity index (χ3n) is 13.6. The van der Waals surface area contributed by atoms with Gasteiger partial charge >= 0.3 is 13.8 Å². The standard InChI is InChI=1S/C71H121N2O7P/c1-7-10-13-16-19-22-25-28-30-32-34-36-38-40-42-45-48-51-54-57-60-63-70(74)72-68(67-79-81(76,77)78-66-65-73(4,5)6)69(62-59-56-53-50-47-44-27-24-21-18-15-12-9-3)80-71(75)64-61-58-55-52-49-46-43-41-39-37-35-33-31-29-26-23-20-17-14-11-8-2/h10,13,19-20,22-23,28-31,34-37,40-43,48,51,59,62,68-69H,7-9,11-12,14-18,21,24-27,32-33,38-39,44-47,49-50,52-58,60-61,63-67H2,1-6H3,(H-,72,74,76,77)/p+1/b13-10-,22-19-,23-20-,30-28-,31-29-,36-34-,37-35-,42-40-,43-41-,51-48-,62-59+. The summed E-state index contributed by atoms with van der Waals surface area (Å²) in [6.45, 7) is 6.81. The summed E-state index contributed by atoms with van der Waals surface area (Å²) in [6.07, 6.45) is 84.5. The summed E-state index contributed by atoms with van der Waals surface area (Å²) < 4.78 is 30.7. The Balaban J connectivity index is 5.38. The Morgan fingerprint density at radius 1 is 0.444 bits per heavy atom. The number of phosphoric acid groups is 1. The highest BCUT2D eigenvalue weighted by Gasteiger charge is 2.30. The Kier molecular flexibility index (Phi) is 56.5. The van der Waals surface area contributed by atoms with Crippen LogP contribution in [0.15, 0.2) is 134 Å². The van der Waals surface area contributed by atoms with Crippen LogP contribution in [-0.4, -0.2) is 74.3 Å². The Bertz CT molecular complexity index is 1850. The second-order valence-electron chi connectivity index (χ2n) is 22.5. The highest BCUT2D eigenvalue weighted by atomic mass is 31.2. The van der Waals surface area contributed by atoms with E-state index in [9.17, 15) is 19.0 Å². The van der Waals surface area contributed by atoms with E-state index in [-0.39, 0.29) is 37.9 Å². The summed E-state index contributed by atoms with van der Waals surface area (Å²) in [4.78, 5) is 37.8. The van der Waals surface area contributed by atoms with E-state index in [0.29, 0.717) is 23.9 Å². The summed E-state index contributed by atoms with van der Waals surface area (Å²) in [5.74, 6) is -0.585. The number of esters is 1. The van der Waals surface area contributed by atoms with E-state index < -0.39 is 20.0 Å². The van der Waals surface area contributed by atoms with Crippen molar-refractivity contribution in [3.8, 4) is 0 Å². The molecule has 462 valence electrons. The first-order valence-corrected chi connectivity index (χ1v) is 34.0.